The van der Waals surface area contributed by atoms with Crippen molar-refractivity contribution in [2.75, 3.05) is 13.1 Å². The van der Waals surface area contributed by atoms with Crippen LogP contribution >= 0.6 is 0 Å². The van der Waals surface area contributed by atoms with Crippen molar-refractivity contribution in [3.05, 3.63) is 36.8 Å². The normalized spacial score (nSPS) is 22.2. The molecule has 0 spiro atoms. The molecule has 2 saturated heterocycles. The van der Waals surface area contributed by atoms with E-state index in [1.807, 2.05) is 24.3 Å². The minimum absolute atomic E-state index is 0. The average molecular weight is 362 g/mol. The van der Waals surface area contributed by atoms with Gasteiger partial charge in [0.25, 0.3) is 0 Å². The first-order valence-corrected chi connectivity index (χ1v) is 7.26. The zero-order valence-electron chi connectivity index (χ0n) is 13.5. The van der Waals surface area contributed by atoms with Gasteiger partial charge in [-0.1, -0.05) is 0 Å². The Labute approximate surface area is 154 Å². The van der Waals surface area contributed by atoms with E-state index in [-0.39, 0.29) is 51.0 Å². The molecule has 1 N–H and O–H groups in total. The summed E-state index contributed by atoms with van der Waals surface area (Å²) in [6.45, 7) is 10.5. The molecule has 0 amide bonds. The van der Waals surface area contributed by atoms with Crippen molar-refractivity contribution in [1.82, 2.24) is 5.32 Å². The average Bonchev–Trinajstić information content (AvgIpc) is 3.02. The second kappa shape index (κ2) is 8.21. The van der Waals surface area contributed by atoms with Crippen LogP contribution in [0.1, 0.15) is 34.1 Å². The van der Waals surface area contributed by atoms with Crippen molar-refractivity contribution in [2.24, 2.45) is 0 Å². The summed E-state index contributed by atoms with van der Waals surface area (Å²) >= 11 is 0. The van der Waals surface area contributed by atoms with Crippen LogP contribution in [0.5, 0.6) is 0 Å². The molecular formula is C16H24BNO2Y-2. The molecule has 1 aromatic carbocycles. The van der Waals surface area contributed by atoms with Crippen LogP contribution in [-0.2, 0) is 42.0 Å². The van der Waals surface area contributed by atoms with E-state index in [9.17, 15) is 0 Å². The maximum absolute atomic E-state index is 5.91. The SMILES string of the molecule is CC1(C)OB(c2cc[c-]cc2)OC1(C)C.[CH-]1CCNC1.[Y]. The first-order valence-electron chi connectivity index (χ1n) is 7.26. The van der Waals surface area contributed by atoms with Gasteiger partial charge in [0, 0.05) is 32.7 Å². The Bertz CT molecular complexity index is 398. The predicted octanol–water partition coefficient (Wildman–Crippen LogP) is 1.97. The van der Waals surface area contributed by atoms with Crippen molar-refractivity contribution in [2.45, 2.75) is 45.3 Å². The van der Waals surface area contributed by atoms with E-state index in [2.05, 4.69) is 45.5 Å². The molecule has 2 fully saturated rings. The van der Waals surface area contributed by atoms with E-state index in [1.54, 1.807) is 0 Å². The first-order chi connectivity index (χ1) is 9.42. The third kappa shape index (κ3) is 5.14. The van der Waals surface area contributed by atoms with Gasteiger partial charge in [0.15, 0.2) is 0 Å². The van der Waals surface area contributed by atoms with Gasteiger partial charge in [0.05, 0.1) is 11.2 Å². The molecule has 2 aliphatic rings. The Hall–Kier alpha value is 0.269. The Morgan fingerprint density at radius 2 is 1.71 bits per heavy atom. The van der Waals surface area contributed by atoms with Crippen molar-refractivity contribution in [3.63, 3.8) is 0 Å². The van der Waals surface area contributed by atoms with Crippen LogP contribution in [0.15, 0.2) is 24.3 Å². The molecular weight excluding hydrogens is 338 g/mol. The molecule has 0 unspecified atom stereocenters. The summed E-state index contributed by atoms with van der Waals surface area (Å²) in [7, 11) is -0.260. The minimum atomic E-state index is -0.267. The third-order valence-corrected chi connectivity index (χ3v) is 4.08. The molecule has 3 nitrogen and oxygen atoms in total. The molecule has 113 valence electrons. The van der Waals surface area contributed by atoms with Crippen LogP contribution in [0.2, 0.25) is 0 Å². The van der Waals surface area contributed by atoms with E-state index in [1.165, 1.54) is 13.0 Å². The first kappa shape index (κ1) is 19.3. The Morgan fingerprint density at radius 3 is 2.10 bits per heavy atom. The van der Waals surface area contributed by atoms with Gasteiger partial charge in [-0.2, -0.15) is 36.8 Å². The third-order valence-electron chi connectivity index (χ3n) is 4.08. The van der Waals surface area contributed by atoms with Crippen LogP contribution < -0.4 is 10.8 Å². The fourth-order valence-electron chi connectivity index (χ4n) is 2.05. The molecule has 1 radical (unpaired) electrons. The predicted molar refractivity (Wildman–Crippen MR) is 82.8 cm³/mol. The minimum Gasteiger partial charge on any atom is -0.401 e. The van der Waals surface area contributed by atoms with Crippen LogP contribution in [0, 0.1) is 12.5 Å². The molecule has 0 bridgehead atoms. The van der Waals surface area contributed by atoms with Gasteiger partial charge in [0.2, 0.25) is 0 Å². The molecule has 21 heavy (non-hydrogen) atoms. The van der Waals surface area contributed by atoms with Crippen LogP contribution in [-0.4, -0.2) is 31.4 Å². The standard InChI is InChI=1S/C12H16BO2.C4H8N.Y/c1-11(2)12(3,4)15-13(14-11)10-8-6-5-7-9-10;1-2-4-5-3-1;/h6-9H,1-4H3;1,5H,2-4H2;/q2*-1;. The summed E-state index contributed by atoms with van der Waals surface area (Å²) in [6.07, 6.45) is 3.51. The number of nitrogens with one attached hydrogen (secondary N) is 1. The van der Waals surface area contributed by atoms with Gasteiger partial charge in [-0.3, -0.25) is 0 Å². The van der Waals surface area contributed by atoms with Crippen LogP contribution in [0.3, 0.4) is 0 Å². The Morgan fingerprint density at radius 1 is 1.14 bits per heavy atom. The Kier molecular flexibility index (Phi) is 7.56. The van der Waals surface area contributed by atoms with E-state index >= 15 is 0 Å². The molecule has 3 rings (SSSR count). The molecule has 1 aromatic rings. The number of hydrogen-bond donors (Lipinski definition) is 1. The zero-order chi connectivity index (χ0) is 14.6. The Balaban J connectivity index is 0.000000313. The maximum Gasteiger partial charge on any atom is 0.469 e. The van der Waals surface area contributed by atoms with E-state index in [0.29, 0.717) is 0 Å². The summed E-state index contributed by atoms with van der Waals surface area (Å²) in [5.74, 6) is 0. The second-order valence-electron chi connectivity index (χ2n) is 6.20. The summed E-state index contributed by atoms with van der Waals surface area (Å²) in [4.78, 5) is 0. The van der Waals surface area contributed by atoms with E-state index in [4.69, 9.17) is 9.31 Å². The topological polar surface area (TPSA) is 30.5 Å². The van der Waals surface area contributed by atoms with Gasteiger partial charge in [-0.25, -0.2) is 0 Å². The summed E-state index contributed by atoms with van der Waals surface area (Å²) in [5, 5.41) is 3.17. The summed E-state index contributed by atoms with van der Waals surface area (Å²) < 4.78 is 11.8. The molecule has 0 aliphatic carbocycles. The van der Waals surface area contributed by atoms with Crippen LogP contribution in [0.25, 0.3) is 0 Å². The quantitative estimate of drug-likeness (QED) is 0.612. The van der Waals surface area contributed by atoms with Gasteiger partial charge in [-0.05, 0) is 34.2 Å². The molecule has 2 aliphatic heterocycles. The van der Waals surface area contributed by atoms with Gasteiger partial charge in [0.1, 0.15) is 0 Å². The molecule has 2 heterocycles. The van der Waals surface area contributed by atoms with Crippen molar-refractivity contribution in [1.29, 1.82) is 0 Å². The number of rotatable bonds is 1. The monoisotopic (exact) mass is 362 g/mol. The molecule has 0 atom stereocenters. The molecule has 5 heteroatoms. The van der Waals surface area contributed by atoms with Crippen molar-refractivity contribution in [3.8, 4) is 0 Å². The zero-order valence-corrected chi connectivity index (χ0v) is 16.3. The maximum atomic E-state index is 5.91. The van der Waals surface area contributed by atoms with Crippen molar-refractivity contribution >= 4 is 12.6 Å². The molecule has 0 saturated carbocycles. The fourth-order valence-corrected chi connectivity index (χ4v) is 2.05. The summed E-state index contributed by atoms with van der Waals surface area (Å²) in [6, 6.07) is 10.7. The van der Waals surface area contributed by atoms with Gasteiger partial charge < -0.3 is 21.0 Å². The largest absolute Gasteiger partial charge is 0.469 e. The van der Waals surface area contributed by atoms with E-state index in [0.717, 1.165) is 12.0 Å². The fraction of sp³-hybridized carbons (Fsp3) is 0.562. The van der Waals surface area contributed by atoms with Crippen LogP contribution in [0.4, 0.5) is 0 Å². The molecule has 0 aromatic heterocycles. The second-order valence-corrected chi connectivity index (χ2v) is 6.20. The van der Waals surface area contributed by atoms with Gasteiger partial charge in [-0.15, -0.1) is 12.0 Å². The van der Waals surface area contributed by atoms with Gasteiger partial charge >= 0.3 is 7.12 Å². The summed E-state index contributed by atoms with van der Waals surface area (Å²) in [5.41, 5.74) is 0.515. The number of benzene rings is 1. The smallest absolute Gasteiger partial charge is 0.401 e. The van der Waals surface area contributed by atoms with E-state index < -0.39 is 0 Å². The number of hydrogen-bond acceptors (Lipinski definition) is 3. The van der Waals surface area contributed by atoms with Crippen molar-refractivity contribution < 1.29 is 42.0 Å².